The molecule has 94 valence electrons. The maximum atomic E-state index is 12.0. The van der Waals surface area contributed by atoms with E-state index in [-0.39, 0.29) is 18.5 Å². The van der Waals surface area contributed by atoms with Gasteiger partial charge in [-0.1, -0.05) is 0 Å². The summed E-state index contributed by atoms with van der Waals surface area (Å²) in [4.78, 5) is 26.6. The molecule has 1 N–H and O–H groups in total. The van der Waals surface area contributed by atoms with Gasteiger partial charge < -0.3 is 15.1 Å². The average Bonchev–Trinajstić information content (AvgIpc) is 2.35. The number of piperazine rings is 1. The molecule has 17 heavy (non-hydrogen) atoms. The number of terminal acetylenes is 1. The molecule has 5 nitrogen and oxygen atoms in total. The molecule has 0 aromatic heterocycles. The molecule has 0 aromatic rings. The maximum Gasteiger partial charge on any atom is 0.298 e. The predicted octanol–water partition coefficient (Wildman–Crippen LogP) is -0.712. The first-order valence-corrected chi connectivity index (χ1v) is 5.82. The van der Waals surface area contributed by atoms with Crippen molar-refractivity contribution in [3.63, 3.8) is 0 Å². The SMILES string of the molecule is C#CC(=O)N(CC(=O)N1CCNCC1)C(C)C. The van der Waals surface area contributed by atoms with E-state index in [0.29, 0.717) is 13.1 Å². The minimum absolute atomic E-state index is 0.0381. The molecule has 0 saturated carbocycles. The molecule has 0 radical (unpaired) electrons. The van der Waals surface area contributed by atoms with E-state index in [2.05, 4.69) is 11.2 Å². The first-order valence-electron chi connectivity index (χ1n) is 5.82. The first-order chi connectivity index (χ1) is 8.06. The van der Waals surface area contributed by atoms with Gasteiger partial charge in [0.05, 0.1) is 0 Å². The molecule has 2 amide bonds. The Labute approximate surface area is 102 Å². The summed E-state index contributed by atoms with van der Waals surface area (Å²) in [5.41, 5.74) is 0. The van der Waals surface area contributed by atoms with Crippen molar-refractivity contribution in [2.24, 2.45) is 0 Å². The second-order valence-corrected chi connectivity index (χ2v) is 4.30. The highest BCUT2D eigenvalue weighted by Gasteiger charge is 2.23. The van der Waals surface area contributed by atoms with Crippen LogP contribution in [0.2, 0.25) is 0 Å². The Morgan fingerprint density at radius 3 is 2.47 bits per heavy atom. The van der Waals surface area contributed by atoms with Gasteiger partial charge >= 0.3 is 0 Å². The molecule has 1 saturated heterocycles. The molecule has 1 aliphatic heterocycles. The molecular formula is C12H19N3O2. The number of carbonyl (C=O) groups is 2. The van der Waals surface area contributed by atoms with Gasteiger partial charge in [-0.15, -0.1) is 6.42 Å². The summed E-state index contributed by atoms with van der Waals surface area (Å²) in [6, 6.07) is -0.0644. The predicted molar refractivity (Wildman–Crippen MR) is 65.1 cm³/mol. The number of carbonyl (C=O) groups excluding carboxylic acids is 2. The van der Waals surface area contributed by atoms with E-state index < -0.39 is 5.91 Å². The van der Waals surface area contributed by atoms with Gasteiger partial charge in [0.2, 0.25) is 5.91 Å². The molecule has 1 fully saturated rings. The highest BCUT2D eigenvalue weighted by molar-refractivity contribution is 5.95. The fourth-order valence-electron chi connectivity index (χ4n) is 1.73. The molecule has 0 aliphatic carbocycles. The van der Waals surface area contributed by atoms with Crippen molar-refractivity contribution in [2.75, 3.05) is 32.7 Å². The molecule has 1 rings (SSSR count). The molecule has 0 unspecified atom stereocenters. The zero-order valence-corrected chi connectivity index (χ0v) is 10.4. The van der Waals surface area contributed by atoms with Crippen molar-refractivity contribution in [1.82, 2.24) is 15.1 Å². The molecule has 1 heterocycles. The van der Waals surface area contributed by atoms with Crippen LogP contribution >= 0.6 is 0 Å². The topological polar surface area (TPSA) is 52.7 Å². The number of nitrogens with zero attached hydrogens (tertiary/aromatic N) is 2. The highest BCUT2D eigenvalue weighted by atomic mass is 16.2. The Morgan fingerprint density at radius 2 is 2.00 bits per heavy atom. The summed E-state index contributed by atoms with van der Waals surface area (Å²) >= 11 is 0. The van der Waals surface area contributed by atoms with Gasteiger partial charge in [0, 0.05) is 32.2 Å². The Bertz CT molecular complexity index is 327. The Kier molecular flexibility index (Phi) is 4.98. The van der Waals surface area contributed by atoms with Crippen LogP contribution in [0, 0.1) is 12.3 Å². The molecule has 0 bridgehead atoms. The summed E-state index contributed by atoms with van der Waals surface area (Å²) in [5, 5.41) is 3.17. The van der Waals surface area contributed by atoms with E-state index in [1.165, 1.54) is 4.90 Å². The second kappa shape index (κ2) is 6.26. The van der Waals surface area contributed by atoms with E-state index >= 15 is 0 Å². The van der Waals surface area contributed by atoms with Crippen LogP contribution in [-0.2, 0) is 9.59 Å². The minimum Gasteiger partial charge on any atom is -0.339 e. The van der Waals surface area contributed by atoms with Gasteiger partial charge in [0.1, 0.15) is 6.54 Å². The maximum absolute atomic E-state index is 12.0. The average molecular weight is 237 g/mol. The van der Waals surface area contributed by atoms with Gasteiger partial charge in [-0.2, -0.15) is 0 Å². The van der Waals surface area contributed by atoms with E-state index in [1.54, 1.807) is 4.90 Å². The molecule has 0 spiro atoms. The van der Waals surface area contributed by atoms with E-state index in [9.17, 15) is 9.59 Å². The third-order valence-electron chi connectivity index (χ3n) is 2.78. The summed E-state index contributed by atoms with van der Waals surface area (Å²) in [6.45, 7) is 6.75. The van der Waals surface area contributed by atoms with Crippen LogP contribution in [0.4, 0.5) is 0 Å². The number of amides is 2. The van der Waals surface area contributed by atoms with Gasteiger partial charge in [-0.3, -0.25) is 9.59 Å². The lowest BCUT2D eigenvalue weighted by molar-refractivity contribution is -0.139. The number of hydrogen-bond donors (Lipinski definition) is 1. The summed E-state index contributed by atoms with van der Waals surface area (Å²) in [6.07, 6.45) is 5.09. The van der Waals surface area contributed by atoms with E-state index in [4.69, 9.17) is 6.42 Å². The Morgan fingerprint density at radius 1 is 1.41 bits per heavy atom. The summed E-state index contributed by atoms with van der Waals surface area (Å²) < 4.78 is 0. The van der Waals surface area contributed by atoms with Crippen LogP contribution in [0.15, 0.2) is 0 Å². The van der Waals surface area contributed by atoms with Crippen molar-refractivity contribution in [2.45, 2.75) is 19.9 Å². The zero-order chi connectivity index (χ0) is 12.8. The van der Waals surface area contributed by atoms with Crippen molar-refractivity contribution in [3.8, 4) is 12.3 Å². The van der Waals surface area contributed by atoms with Crippen molar-refractivity contribution in [1.29, 1.82) is 0 Å². The quantitative estimate of drug-likeness (QED) is 0.660. The third kappa shape index (κ3) is 3.75. The van der Waals surface area contributed by atoms with Crippen LogP contribution in [0.25, 0.3) is 0 Å². The van der Waals surface area contributed by atoms with Crippen molar-refractivity contribution < 1.29 is 9.59 Å². The van der Waals surface area contributed by atoms with Crippen LogP contribution < -0.4 is 5.32 Å². The number of rotatable bonds is 3. The van der Waals surface area contributed by atoms with Crippen LogP contribution in [0.3, 0.4) is 0 Å². The third-order valence-corrected chi connectivity index (χ3v) is 2.78. The molecule has 0 aromatic carbocycles. The van der Waals surface area contributed by atoms with Gasteiger partial charge in [0.15, 0.2) is 0 Å². The van der Waals surface area contributed by atoms with Gasteiger partial charge in [-0.25, -0.2) is 0 Å². The molecule has 5 heteroatoms. The molecular weight excluding hydrogens is 218 g/mol. The van der Waals surface area contributed by atoms with Gasteiger partial charge in [0.25, 0.3) is 5.91 Å². The van der Waals surface area contributed by atoms with Crippen LogP contribution in [0.1, 0.15) is 13.8 Å². The van der Waals surface area contributed by atoms with Crippen molar-refractivity contribution >= 4 is 11.8 Å². The summed E-state index contributed by atoms with van der Waals surface area (Å²) in [5.74, 6) is 1.59. The Hall–Kier alpha value is -1.54. The first kappa shape index (κ1) is 13.5. The standard InChI is InChI=1S/C12H19N3O2/c1-4-11(16)15(10(2)3)9-12(17)14-7-5-13-6-8-14/h1,10,13H,5-9H2,2-3H3. The lowest BCUT2D eigenvalue weighted by Crippen LogP contribution is -2.51. The molecule has 1 aliphatic rings. The van der Waals surface area contributed by atoms with Crippen molar-refractivity contribution in [3.05, 3.63) is 0 Å². The fraction of sp³-hybridized carbons (Fsp3) is 0.667. The fourth-order valence-corrected chi connectivity index (χ4v) is 1.73. The van der Waals surface area contributed by atoms with Crippen LogP contribution in [-0.4, -0.2) is 60.4 Å². The Balaban J connectivity index is 2.57. The molecule has 0 atom stereocenters. The second-order valence-electron chi connectivity index (χ2n) is 4.30. The normalized spacial score (nSPS) is 15.5. The smallest absolute Gasteiger partial charge is 0.298 e. The number of hydrogen-bond acceptors (Lipinski definition) is 3. The van der Waals surface area contributed by atoms with Gasteiger partial charge in [-0.05, 0) is 19.8 Å². The van der Waals surface area contributed by atoms with E-state index in [1.807, 2.05) is 13.8 Å². The zero-order valence-electron chi connectivity index (χ0n) is 10.4. The lowest BCUT2D eigenvalue weighted by Gasteiger charge is -2.31. The minimum atomic E-state index is -0.427. The van der Waals surface area contributed by atoms with Crippen LogP contribution in [0.5, 0.6) is 0 Å². The monoisotopic (exact) mass is 237 g/mol. The largest absolute Gasteiger partial charge is 0.339 e. The lowest BCUT2D eigenvalue weighted by atomic mass is 10.2. The highest BCUT2D eigenvalue weighted by Crippen LogP contribution is 2.02. The van der Waals surface area contributed by atoms with E-state index in [0.717, 1.165) is 13.1 Å². The summed E-state index contributed by atoms with van der Waals surface area (Å²) in [7, 11) is 0. The number of nitrogens with one attached hydrogen (secondary N) is 1.